The Bertz CT molecular complexity index is 1160. The van der Waals surface area contributed by atoms with Crippen LogP contribution in [0.3, 0.4) is 0 Å². The van der Waals surface area contributed by atoms with Crippen LogP contribution < -0.4 is 5.32 Å². The van der Waals surface area contributed by atoms with Gasteiger partial charge in [0.25, 0.3) is 0 Å². The van der Waals surface area contributed by atoms with Crippen LogP contribution in [0.25, 0.3) is 0 Å². The zero-order valence-corrected chi connectivity index (χ0v) is 18.9. The monoisotopic (exact) mass is 490 g/mol. The molecule has 3 heterocycles. The molecule has 1 saturated heterocycles. The van der Waals surface area contributed by atoms with Crippen LogP contribution in [0.1, 0.15) is 16.6 Å². The van der Waals surface area contributed by atoms with Gasteiger partial charge in [0.2, 0.25) is 0 Å². The van der Waals surface area contributed by atoms with E-state index in [1.807, 2.05) is 5.38 Å². The van der Waals surface area contributed by atoms with E-state index in [0.717, 1.165) is 0 Å². The number of nitrogens with one attached hydrogen (secondary N) is 1. The second kappa shape index (κ2) is 10.4. The molecule has 8 nitrogen and oxygen atoms in total. The molecule has 11 heteroatoms. The summed E-state index contributed by atoms with van der Waals surface area (Å²) in [5.74, 6) is 4.60. The molecule has 0 aliphatic carbocycles. The minimum Gasteiger partial charge on any atom is -0.480 e. The molecule has 1 aromatic carbocycles. The average Bonchev–Trinajstić information content (AvgIpc) is 3.33. The van der Waals surface area contributed by atoms with E-state index in [-0.39, 0.29) is 24.8 Å². The van der Waals surface area contributed by atoms with E-state index in [9.17, 15) is 19.4 Å². The number of aromatic nitrogens is 1. The van der Waals surface area contributed by atoms with Gasteiger partial charge in [0.05, 0.1) is 18.8 Å². The summed E-state index contributed by atoms with van der Waals surface area (Å²) in [6.45, 7) is 0.722. The SMILES string of the molecule is O=C(O)C1COCCN1CC1=C(C#CCO)C(c2ccc(F)cc2Cl)N=C(c2nccs2)N1. The fourth-order valence-electron chi connectivity index (χ4n) is 3.66. The maximum absolute atomic E-state index is 13.7. The van der Waals surface area contributed by atoms with Crippen LogP contribution >= 0.6 is 22.9 Å². The van der Waals surface area contributed by atoms with Crippen molar-refractivity contribution in [2.45, 2.75) is 12.1 Å². The number of carbonyl (C=O) groups is 1. The normalized spacial score (nSPS) is 21.1. The van der Waals surface area contributed by atoms with E-state index < -0.39 is 23.9 Å². The van der Waals surface area contributed by atoms with Crippen LogP contribution in [0, 0.1) is 17.7 Å². The quantitative estimate of drug-likeness (QED) is 0.551. The number of aliphatic carboxylic acids is 1. The number of morpholine rings is 1. The minimum absolute atomic E-state index is 0.0703. The summed E-state index contributed by atoms with van der Waals surface area (Å²) >= 11 is 7.75. The minimum atomic E-state index is -0.985. The lowest BCUT2D eigenvalue weighted by Crippen LogP contribution is -2.52. The van der Waals surface area contributed by atoms with Gasteiger partial charge in [0.1, 0.15) is 24.5 Å². The zero-order chi connectivity index (χ0) is 23.4. The Labute approximate surface area is 198 Å². The molecule has 33 heavy (non-hydrogen) atoms. The number of carboxylic acids is 1. The number of nitrogens with zero attached hydrogens (tertiary/aromatic N) is 3. The molecule has 3 N–H and O–H groups in total. The van der Waals surface area contributed by atoms with Gasteiger partial charge in [-0.25, -0.2) is 9.37 Å². The van der Waals surface area contributed by atoms with Gasteiger partial charge in [0, 0.05) is 40.9 Å². The predicted molar refractivity (Wildman–Crippen MR) is 122 cm³/mol. The molecule has 2 unspecified atom stereocenters. The lowest BCUT2D eigenvalue weighted by Gasteiger charge is -2.35. The second-order valence-electron chi connectivity index (χ2n) is 7.26. The molecule has 2 aliphatic rings. The van der Waals surface area contributed by atoms with Crippen molar-refractivity contribution < 1.29 is 24.1 Å². The molecule has 0 bridgehead atoms. The number of thiazole rings is 1. The highest BCUT2D eigenvalue weighted by molar-refractivity contribution is 7.11. The van der Waals surface area contributed by atoms with Crippen molar-refractivity contribution in [3.05, 3.63) is 62.5 Å². The van der Waals surface area contributed by atoms with Gasteiger partial charge < -0.3 is 20.3 Å². The Morgan fingerprint density at radius 1 is 1.45 bits per heavy atom. The van der Waals surface area contributed by atoms with Crippen molar-refractivity contribution in [3.8, 4) is 11.8 Å². The summed E-state index contributed by atoms with van der Waals surface area (Å²) in [7, 11) is 0. The van der Waals surface area contributed by atoms with E-state index in [4.69, 9.17) is 21.3 Å². The number of halogens is 2. The molecular formula is C22H20ClFN4O4S. The molecule has 4 rings (SSSR count). The smallest absolute Gasteiger partial charge is 0.323 e. The summed E-state index contributed by atoms with van der Waals surface area (Å²) < 4.78 is 19.1. The van der Waals surface area contributed by atoms with Gasteiger partial charge in [-0.2, -0.15) is 0 Å². The molecule has 0 radical (unpaired) electrons. The van der Waals surface area contributed by atoms with E-state index in [0.29, 0.717) is 40.8 Å². The number of amidine groups is 1. The van der Waals surface area contributed by atoms with Crippen LogP contribution in [-0.2, 0) is 9.53 Å². The van der Waals surface area contributed by atoms with Crippen LogP contribution in [0.15, 0.2) is 46.0 Å². The standard InChI is InChI=1S/C22H20ClFN4O4S/c23-16-10-13(24)3-4-14(16)19-15(2-1-7-29)17(26-20(27-19)21-25-5-9-33-21)11-28-6-8-32-12-18(28)22(30)31/h3-5,9-10,18-19,29H,6-8,11-12H2,(H,26,27)(H,30,31). The maximum atomic E-state index is 13.7. The molecule has 2 aliphatic heterocycles. The summed E-state index contributed by atoms with van der Waals surface area (Å²) in [6.07, 6.45) is 1.65. The summed E-state index contributed by atoms with van der Waals surface area (Å²) in [5, 5.41) is 24.8. The second-order valence-corrected chi connectivity index (χ2v) is 8.56. The summed E-state index contributed by atoms with van der Waals surface area (Å²) in [4.78, 5) is 22.6. The Hall–Kier alpha value is -2.81. The number of carboxylic acid groups (broad SMARTS) is 1. The number of benzene rings is 1. The highest BCUT2D eigenvalue weighted by Crippen LogP contribution is 2.36. The third kappa shape index (κ3) is 5.24. The molecule has 0 spiro atoms. The van der Waals surface area contributed by atoms with Crippen molar-refractivity contribution in [2.75, 3.05) is 32.9 Å². The lowest BCUT2D eigenvalue weighted by molar-refractivity contribution is -0.149. The molecule has 1 fully saturated rings. The van der Waals surface area contributed by atoms with E-state index >= 15 is 0 Å². The first-order valence-electron chi connectivity index (χ1n) is 10.0. The van der Waals surface area contributed by atoms with E-state index in [2.05, 4.69) is 22.1 Å². The van der Waals surface area contributed by atoms with Gasteiger partial charge in [0.15, 0.2) is 10.8 Å². The number of aliphatic hydroxyl groups excluding tert-OH is 1. The zero-order valence-electron chi connectivity index (χ0n) is 17.3. The van der Waals surface area contributed by atoms with Gasteiger partial charge in [-0.15, -0.1) is 11.3 Å². The third-order valence-corrected chi connectivity index (χ3v) is 6.31. The average molecular weight is 491 g/mol. The van der Waals surface area contributed by atoms with Crippen molar-refractivity contribution in [3.63, 3.8) is 0 Å². The van der Waals surface area contributed by atoms with Crippen LogP contribution in [-0.4, -0.2) is 70.9 Å². The third-order valence-electron chi connectivity index (χ3n) is 5.21. The molecule has 0 amide bonds. The predicted octanol–water partition coefficient (Wildman–Crippen LogP) is 2.06. The molecule has 2 atom stereocenters. The van der Waals surface area contributed by atoms with Crippen molar-refractivity contribution in [1.29, 1.82) is 0 Å². The fraction of sp³-hybridized carbons (Fsp3) is 0.318. The topological polar surface area (TPSA) is 107 Å². The van der Waals surface area contributed by atoms with Crippen LogP contribution in [0.4, 0.5) is 4.39 Å². The molecule has 172 valence electrons. The van der Waals surface area contributed by atoms with Gasteiger partial charge in [-0.05, 0) is 12.1 Å². The Morgan fingerprint density at radius 2 is 2.30 bits per heavy atom. The number of ether oxygens (including phenoxy) is 1. The first-order chi connectivity index (χ1) is 16.0. The Morgan fingerprint density at radius 3 is 3.00 bits per heavy atom. The number of hydrogen-bond donors (Lipinski definition) is 3. The van der Waals surface area contributed by atoms with Crippen molar-refractivity contribution in [2.24, 2.45) is 4.99 Å². The summed E-state index contributed by atoms with van der Waals surface area (Å²) in [5.41, 5.74) is 1.65. The van der Waals surface area contributed by atoms with Crippen LogP contribution in [0.5, 0.6) is 0 Å². The summed E-state index contributed by atoms with van der Waals surface area (Å²) in [6, 6.07) is 2.52. The Balaban J connectivity index is 1.82. The highest BCUT2D eigenvalue weighted by atomic mass is 35.5. The van der Waals surface area contributed by atoms with E-state index in [1.54, 1.807) is 17.2 Å². The number of rotatable bonds is 5. The fourth-order valence-corrected chi connectivity index (χ4v) is 4.52. The van der Waals surface area contributed by atoms with Gasteiger partial charge >= 0.3 is 5.97 Å². The van der Waals surface area contributed by atoms with Crippen molar-refractivity contribution in [1.82, 2.24) is 15.2 Å². The van der Waals surface area contributed by atoms with Crippen molar-refractivity contribution >= 4 is 34.7 Å². The number of hydrogen-bond acceptors (Lipinski definition) is 8. The molecule has 1 aromatic heterocycles. The Kier molecular flexibility index (Phi) is 7.37. The van der Waals surface area contributed by atoms with Gasteiger partial charge in [-0.3, -0.25) is 14.7 Å². The number of aliphatic imine (C=N–C) groups is 1. The molecule has 0 saturated carbocycles. The highest BCUT2D eigenvalue weighted by Gasteiger charge is 2.33. The lowest BCUT2D eigenvalue weighted by atomic mass is 9.95. The van der Waals surface area contributed by atoms with Crippen LogP contribution in [0.2, 0.25) is 5.02 Å². The first-order valence-corrected chi connectivity index (χ1v) is 11.3. The largest absolute Gasteiger partial charge is 0.480 e. The first kappa shape index (κ1) is 23.4. The van der Waals surface area contributed by atoms with Gasteiger partial charge in [-0.1, -0.05) is 29.5 Å². The molecule has 2 aromatic rings. The maximum Gasteiger partial charge on any atom is 0.323 e. The number of aliphatic hydroxyl groups is 1. The van der Waals surface area contributed by atoms with E-state index in [1.165, 1.54) is 23.5 Å². The molecular weight excluding hydrogens is 471 g/mol.